The fraction of sp³-hybridized carbons (Fsp3) is 0.0426. The minimum atomic E-state index is 0.463. The van der Waals surface area contributed by atoms with E-state index in [-0.39, 0.29) is 0 Å². The number of pyridine rings is 4. The molecular weight excluding hydrogens is 649 g/mol. The Morgan fingerprint density at radius 2 is 0.792 bits per heavy atom. The number of benzene rings is 4. The first-order chi connectivity index (χ1) is 26.1. The number of para-hydroxylation sites is 1. The van der Waals surface area contributed by atoms with Gasteiger partial charge >= 0.3 is 0 Å². The summed E-state index contributed by atoms with van der Waals surface area (Å²) in [5.41, 5.74) is 13.1. The molecule has 4 aromatic carbocycles. The van der Waals surface area contributed by atoms with E-state index in [9.17, 15) is 5.26 Å². The zero-order valence-corrected chi connectivity index (χ0v) is 29.3. The Balaban J connectivity index is 1.59. The molecule has 0 fully saturated rings. The Morgan fingerprint density at radius 3 is 1.21 bits per heavy atom. The van der Waals surface area contributed by atoms with Crippen molar-refractivity contribution in [1.82, 2.24) is 19.9 Å². The molecule has 6 heteroatoms. The van der Waals surface area contributed by atoms with Crippen LogP contribution in [0.2, 0.25) is 0 Å². The van der Waals surface area contributed by atoms with E-state index >= 15 is 0 Å². The van der Waals surface area contributed by atoms with Crippen molar-refractivity contribution in [2.45, 2.75) is 13.8 Å². The summed E-state index contributed by atoms with van der Waals surface area (Å²) in [5.74, 6) is 0. The zero-order chi connectivity index (χ0) is 36.1. The van der Waals surface area contributed by atoms with E-state index in [1.54, 1.807) is 24.8 Å². The van der Waals surface area contributed by atoms with Crippen molar-refractivity contribution in [3.8, 4) is 62.2 Å². The van der Waals surface area contributed by atoms with Gasteiger partial charge in [-0.2, -0.15) is 5.26 Å². The highest BCUT2D eigenvalue weighted by Gasteiger charge is 2.32. The number of aromatic nitrogens is 4. The van der Waals surface area contributed by atoms with Crippen molar-refractivity contribution in [2.24, 2.45) is 0 Å². The number of hydrogen-bond acceptors (Lipinski definition) is 6. The molecule has 4 heterocycles. The lowest BCUT2D eigenvalue weighted by molar-refractivity contribution is 1.25. The van der Waals surface area contributed by atoms with E-state index in [4.69, 9.17) is 19.9 Å². The van der Waals surface area contributed by atoms with Crippen molar-refractivity contribution in [3.63, 3.8) is 0 Å². The molecule has 0 bridgehead atoms. The predicted molar refractivity (Wildman–Crippen MR) is 214 cm³/mol. The Morgan fingerprint density at radius 1 is 0.415 bits per heavy atom. The quantitative estimate of drug-likeness (QED) is 0.159. The average molecular weight is 683 g/mol. The SMILES string of the molecule is Cc1ccc(N(c2ccc(C)cc2)c2ccccc2-c2c(C#N)c(-c3ccccn3)c(-c3ccccn3)c(-c3ccccn3)c2-c2ccccn2)cc1. The lowest BCUT2D eigenvalue weighted by atomic mass is 9.79. The highest BCUT2D eigenvalue weighted by atomic mass is 15.1. The normalized spacial score (nSPS) is 10.8. The molecule has 0 atom stereocenters. The van der Waals surface area contributed by atoms with Crippen LogP contribution in [0.5, 0.6) is 0 Å². The molecular formula is C47H34N6. The fourth-order valence-corrected chi connectivity index (χ4v) is 6.89. The molecule has 0 N–H and O–H groups in total. The Labute approximate surface area is 309 Å². The molecule has 8 rings (SSSR count). The molecule has 6 nitrogen and oxygen atoms in total. The molecule has 0 aliphatic rings. The number of aryl methyl sites for hydroxylation is 2. The largest absolute Gasteiger partial charge is 0.310 e. The Bertz CT molecular complexity index is 2500. The summed E-state index contributed by atoms with van der Waals surface area (Å²) in [7, 11) is 0. The zero-order valence-electron chi connectivity index (χ0n) is 29.3. The van der Waals surface area contributed by atoms with Gasteiger partial charge in [0.15, 0.2) is 0 Å². The van der Waals surface area contributed by atoms with Gasteiger partial charge in [0.25, 0.3) is 0 Å². The van der Waals surface area contributed by atoms with Crippen LogP contribution < -0.4 is 4.90 Å². The second-order valence-corrected chi connectivity index (χ2v) is 12.7. The molecule has 0 aliphatic carbocycles. The van der Waals surface area contributed by atoms with Crippen molar-refractivity contribution in [3.05, 3.63) is 187 Å². The molecule has 0 unspecified atom stereocenters. The minimum Gasteiger partial charge on any atom is -0.310 e. The van der Waals surface area contributed by atoms with Gasteiger partial charge in [-0.3, -0.25) is 19.9 Å². The van der Waals surface area contributed by atoms with Gasteiger partial charge in [0.2, 0.25) is 0 Å². The summed E-state index contributed by atoms with van der Waals surface area (Å²) in [5, 5.41) is 11.5. The van der Waals surface area contributed by atoms with Crippen molar-refractivity contribution in [2.75, 3.05) is 4.90 Å². The minimum absolute atomic E-state index is 0.463. The summed E-state index contributed by atoms with van der Waals surface area (Å²) in [4.78, 5) is 21.9. The van der Waals surface area contributed by atoms with Crippen LogP contribution >= 0.6 is 0 Å². The first-order valence-corrected chi connectivity index (χ1v) is 17.4. The smallest absolute Gasteiger partial charge is 0.101 e. The Kier molecular flexibility index (Phi) is 9.05. The van der Waals surface area contributed by atoms with E-state index in [1.165, 1.54) is 11.1 Å². The van der Waals surface area contributed by atoms with Crippen LogP contribution in [-0.4, -0.2) is 19.9 Å². The van der Waals surface area contributed by atoms with Gasteiger partial charge in [0.05, 0.1) is 34.0 Å². The molecule has 53 heavy (non-hydrogen) atoms. The van der Waals surface area contributed by atoms with Gasteiger partial charge in [-0.25, -0.2) is 0 Å². The molecule has 0 saturated carbocycles. The Hall–Kier alpha value is -7.23. The van der Waals surface area contributed by atoms with Crippen molar-refractivity contribution >= 4 is 17.1 Å². The standard InChI is InChI=1S/C47H34N6/c1-32-19-23-34(24-20-32)53(35-25-21-33(2)22-26-35)42-18-4-3-13-36(42)43-37(31-48)44(38-14-5-9-27-49-38)46(40-16-7-11-29-51-40)47(41-17-8-12-30-52-41)45(43)39-15-6-10-28-50-39/h3-30H,1-2H3. The van der Waals surface area contributed by atoms with Crippen LogP contribution in [0.4, 0.5) is 17.1 Å². The maximum absolute atomic E-state index is 11.5. The maximum atomic E-state index is 11.5. The van der Waals surface area contributed by atoms with Gasteiger partial charge in [0, 0.05) is 69.5 Å². The third-order valence-electron chi connectivity index (χ3n) is 9.29. The van der Waals surface area contributed by atoms with E-state index in [0.717, 1.165) is 50.6 Å². The topological polar surface area (TPSA) is 78.6 Å². The molecule has 0 spiro atoms. The molecule has 0 aliphatic heterocycles. The first-order valence-electron chi connectivity index (χ1n) is 17.4. The predicted octanol–water partition coefficient (Wildman–Crippen LogP) is 11.6. The second-order valence-electron chi connectivity index (χ2n) is 12.7. The molecule has 0 saturated heterocycles. The van der Waals surface area contributed by atoms with Crippen LogP contribution in [0.1, 0.15) is 16.7 Å². The lowest BCUT2D eigenvalue weighted by Crippen LogP contribution is -2.12. The van der Waals surface area contributed by atoms with Gasteiger partial charge in [0.1, 0.15) is 6.07 Å². The van der Waals surface area contributed by atoms with Crippen LogP contribution in [-0.2, 0) is 0 Å². The van der Waals surface area contributed by atoms with Crippen LogP contribution in [0.25, 0.3) is 56.2 Å². The highest BCUT2D eigenvalue weighted by Crippen LogP contribution is 2.53. The van der Waals surface area contributed by atoms with E-state index in [2.05, 4.69) is 85.5 Å². The molecule has 8 aromatic rings. The maximum Gasteiger partial charge on any atom is 0.101 e. The van der Waals surface area contributed by atoms with Crippen LogP contribution in [0.15, 0.2) is 170 Å². The summed E-state index contributed by atoms with van der Waals surface area (Å²) in [6, 6.07) is 51.4. The highest BCUT2D eigenvalue weighted by molar-refractivity contribution is 6.10. The van der Waals surface area contributed by atoms with E-state index < -0.39 is 0 Å². The van der Waals surface area contributed by atoms with Crippen LogP contribution in [0.3, 0.4) is 0 Å². The van der Waals surface area contributed by atoms with Gasteiger partial charge in [-0.05, 0) is 92.7 Å². The molecule has 252 valence electrons. The summed E-state index contributed by atoms with van der Waals surface area (Å²) < 4.78 is 0. The lowest BCUT2D eigenvalue weighted by Gasteiger charge is -2.30. The van der Waals surface area contributed by atoms with E-state index in [1.807, 2.05) is 84.9 Å². The monoisotopic (exact) mass is 682 g/mol. The van der Waals surface area contributed by atoms with Gasteiger partial charge in [-0.1, -0.05) is 77.9 Å². The summed E-state index contributed by atoms with van der Waals surface area (Å²) in [6.45, 7) is 4.18. The van der Waals surface area contributed by atoms with Gasteiger partial charge in [-0.15, -0.1) is 0 Å². The van der Waals surface area contributed by atoms with E-state index in [0.29, 0.717) is 28.2 Å². The number of nitrogens with zero attached hydrogens (tertiary/aromatic N) is 6. The first kappa shape index (κ1) is 32.9. The number of hydrogen-bond donors (Lipinski definition) is 0. The molecule has 0 amide bonds. The fourth-order valence-electron chi connectivity index (χ4n) is 6.89. The summed E-state index contributed by atoms with van der Waals surface area (Å²) in [6.07, 6.45) is 7.12. The third-order valence-corrected chi connectivity index (χ3v) is 9.29. The van der Waals surface area contributed by atoms with Crippen molar-refractivity contribution < 1.29 is 0 Å². The molecule has 4 aromatic heterocycles. The number of nitriles is 1. The number of anilines is 3. The van der Waals surface area contributed by atoms with Crippen LogP contribution in [0, 0.1) is 25.2 Å². The number of rotatable bonds is 8. The average Bonchev–Trinajstić information content (AvgIpc) is 3.22. The summed E-state index contributed by atoms with van der Waals surface area (Å²) >= 11 is 0. The van der Waals surface area contributed by atoms with Gasteiger partial charge < -0.3 is 4.90 Å². The molecule has 0 radical (unpaired) electrons. The van der Waals surface area contributed by atoms with Crippen molar-refractivity contribution in [1.29, 1.82) is 5.26 Å². The third kappa shape index (κ3) is 6.33. The second kappa shape index (κ2) is 14.6.